The third-order valence-electron chi connectivity index (χ3n) is 6.18. The van der Waals surface area contributed by atoms with Crippen LogP contribution in [0.25, 0.3) is 11.3 Å². The van der Waals surface area contributed by atoms with Crippen LogP contribution in [0, 0.1) is 17.1 Å². The van der Waals surface area contributed by atoms with E-state index in [2.05, 4.69) is 4.98 Å². The number of anilines is 1. The maximum atomic E-state index is 13.8. The molecule has 1 aliphatic heterocycles. The fourth-order valence-electron chi connectivity index (χ4n) is 4.23. The highest BCUT2D eigenvalue weighted by molar-refractivity contribution is 5.98. The molecule has 34 heavy (non-hydrogen) atoms. The van der Waals surface area contributed by atoms with Crippen molar-refractivity contribution < 1.29 is 14.0 Å². The second kappa shape index (κ2) is 9.75. The highest BCUT2D eigenvalue weighted by Crippen LogP contribution is 2.25. The average molecular weight is 461 g/mol. The number of nitrogens with zero attached hydrogens (tertiary/aromatic N) is 3. The molecule has 4 rings (SSSR count). The molecule has 1 aliphatic rings. The number of imidazole rings is 1. The van der Waals surface area contributed by atoms with Gasteiger partial charge in [0.05, 0.1) is 16.9 Å². The van der Waals surface area contributed by atoms with E-state index in [0.29, 0.717) is 25.9 Å². The fraction of sp³-hybridized carbons (Fsp3) is 0.280. The molecule has 2 aromatic carbocycles. The Morgan fingerprint density at radius 2 is 1.85 bits per heavy atom. The summed E-state index contributed by atoms with van der Waals surface area (Å²) in [6.45, 7) is 0.954. The zero-order chi connectivity index (χ0) is 24.2. The van der Waals surface area contributed by atoms with Crippen LogP contribution in [0.4, 0.5) is 10.1 Å². The van der Waals surface area contributed by atoms with Crippen molar-refractivity contribution in [2.24, 2.45) is 0 Å². The number of hydrogen-bond donors (Lipinski definition) is 2. The number of nitrogens with one attached hydrogen (secondary N) is 1. The predicted octanol–water partition coefficient (Wildman–Crippen LogP) is 3.26. The van der Waals surface area contributed by atoms with Crippen molar-refractivity contribution in [3.05, 3.63) is 76.1 Å². The van der Waals surface area contributed by atoms with Gasteiger partial charge in [0.15, 0.2) is 5.78 Å². The summed E-state index contributed by atoms with van der Waals surface area (Å²) in [4.78, 5) is 42.1. The number of nitriles is 1. The number of hydrogen-bond acceptors (Lipinski definition) is 5. The van der Waals surface area contributed by atoms with Crippen molar-refractivity contribution in [3.63, 3.8) is 0 Å². The maximum Gasteiger partial charge on any atom is 0.326 e. The Morgan fingerprint density at radius 1 is 1.15 bits per heavy atom. The first-order valence-corrected chi connectivity index (χ1v) is 11.0. The number of nitrogen functional groups attached to an aromatic ring is 1. The van der Waals surface area contributed by atoms with Gasteiger partial charge in [-0.2, -0.15) is 5.26 Å². The fourth-order valence-corrected chi connectivity index (χ4v) is 4.23. The molecule has 9 heteroatoms. The van der Waals surface area contributed by atoms with Gasteiger partial charge in [0, 0.05) is 43.7 Å². The number of ketones is 1. The monoisotopic (exact) mass is 461 g/mol. The molecule has 0 atom stereocenters. The van der Waals surface area contributed by atoms with Crippen LogP contribution >= 0.6 is 0 Å². The Bertz CT molecular complexity index is 1310. The normalized spacial score (nSPS) is 14.1. The highest BCUT2D eigenvalue weighted by atomic mass is 19.1. The largest absolute Gasteiger partial charge is 0.395 e. The number of benzene rings is 2. The van der Waals surface area contributed by atoms with Gasteiger partial charge in [0.1, 0.15) is 11.9 Å². The summed E-state index contributed by atoms with van der Waals surface area (Å²) < 4.78 is 15.5. The van der Waals surface area contributed by atoms with Gasteiger partial charge in [0.2, 0.25) is 5.91 Å². The molecule has 0 unspecified atom stereocenters. The zero-order valence-electron chi connectivity index (χ0n) is 18.5. The Kier molecular flexibility index (Phi) is 6.59. The van der Waals surface area contributed by atoms with Crippen LogP contribution in [0.2, 0.25) is 0 Å². The quantitative estimate of drug-likeness (QED) is 0.431. The first-order valence-electron chi connectivity index (χ1n) is 11.0. The third kappa shape index (κ3) is 4.76. The van der Waals surface area contributed by atoms with E-state index in [-0.39, 0.29) is 47.3 Å². The standard InChI is InChI=1S/C25H24FN5O3/c26-20-13-17(12-18(14-27)24(20)28)22(32)6-7-23(33)30-10-8-19(9-11-30)31-15-21(29-25(31)34)16-4-2-1-3-5-16/h1-5,12-13,15,19H,6-11,28H2,(H,29,34). The van der Waals surface area contributed by atoms with E-state index < -0.39 is 11.6 Å². The second-order valence-corrected chi connectivity index (χ2v) is 8.31. The first-order chi connectivity index (χ1) is 16.4. The van der Waals surface area contributed by atoms with Gasteiger partial charge >= 0.3 is 5.69 Å². The number of rotatable bonds is 6. The van der Waals surface area contributed by atoms with Crippen LogP contribution in [-0.4, -0.2) is 39.2 Å². The Labute approximate surface area is 195 Å². The van der Waals surface area contributed by atoms with Gasteiger partial charge in [0.25, 0.3) is 0 Å². The van der Waals surface area contributed by atoms with Crippen molar-refractivity contribution in [2.45, 2.75) is 31.7 Å². The summed E-state index contributed by atoms with van der Waals surface area (Å²) in [5, 5.41) is 9.03. The molecule has 3 aromatic rings. The summed E-state index contributed by atoms with van der Waals surface area (Å²) in [7, 11) is 0. The van der Waals surface area contributed by atoms with Crippen LogP contribution in [0.1, 0.15) is 47.6 Å². The van der Waals surface area contributed by atoms with E-state index in [1.54, 1.807) is 15.5 Å². The molecule has 8 nitrogen and oxygen atoms in total. The predicted molar refractivity (Wildman–Crippen MR) is 124 cm³/mol. The molecule has 1 fully saturated rings. The molecule has 1 amide bonds. The summed E-state index contributed by atoms with van der Waals surface area (Å²) >= 11 is 0. The lowest BCUT2D eigenvalue weighted by molar-refractivity contribution is -0.132. The first kappa shape index (κ1) is 23.0. The van der Waals surface area contributed by atoms with Crippen LogP contribution < -0.4 is 11.4 Å². The Morgan fingerprint density at radius 3 is 2.53 bits per heavy atom. The van der Waals surface area contributed by atoms with Gasteiger partial charge in [-0.3, -0.25) is 14.2 Å². The Balaban J connectivity index is 1.33. The summed E-state index contributed by atoms with van der Waals surface area (Å²) in [5.41, 5.74) is 6.61. The van der Waals surface area contributed by atoms with Crippen molar-refractivity contribution in [3.8, 4) is 17.3 Å². The number of halogens is 1. The molecule has 0 aliphatic carbocycles. The number of amides is 1. The molecular weight excluding hydrogens is 437 g/mol. The smallest absolute Gasteiger partial charge is 0.326 e. The lowest BCUT2D eigenvalue weighted by Gasteiger charge is -2.32. The number of carbonyl (C=O) groups excluding carboxylic acids is 2. The van der Waals surface area contributed by atoms with E-state index >= 15 is 0 Å². The van der Waals surface area contributed by atoms with Crippen LogP contribution in [0.3, 0.4) is 0 Å². The molecule has 174 valence electrons. The van der Waals surface area contributed by atoms with E-state index in [4.69, 9.17) is 11.0 Å². The summed E-state index contributed by atoms with van der Waals surface area (Å²) in [6, 6.07) is 13.6. The number of piperidine rings is 1. The van der Waals surface area contributed by atoms with Crippen molar-refractivity contribution in [1.82, 2.24) is 14.5 Å². The molecule has 2 heterocycles. The summed E-state index contributed by atoms with van der Waals surface area (Å²) in [5.74, 6) is -1.42. The molecule has 0 saturated carbocycles. The SMILES string of the molecule is N#Cc1cc(C(=O)CCC(=O)N2CCC(n3cc(-c4ccccc4)[nH]c3=O)CC2)cc(F)c1N. The molecule has 0 bridgehead atoms. The summed E-state index contributed by atoms with van der Waals surface area (Å²) in [6.07, 6.45) is 2.96. The van der Waals surface area contributed by atoms with Gasteiger partial charge in [-0.1, -0.05) is 30.3 Å². The van der Waals surface area contributed by atoms with Gasteiger partial charge in [-0.05, 0) is 30.5 Å². The molecule has 0 radical (unpaired) electrons. The minimum Gasteiger partial charge on any atom is -0.395 e. The van der Waals surface area contributed by atoms with E-state index in [1.165, 1.54) is 6.07 Å². The second-order valence-electron chi connectivity index (χ2n) is 8.31. The van der Waals surface area contributed by atoms with E-state index in [1.807, 2.05) is 36.5 Å². The van der Waals surface area contributed by atoms with Gasteiger partial charge in [-0.15, -0.1) is 0 Å². The number of likely N-dealkylation sites (tertiary alicyclic amines) is 1. The topological polar surface area (TPSA) is 125 Å². The average Bonchev–Trinajstić information content (AvgIpc) is 3.26. The number of Topliss-reactive ketones (excluding diaryl/α,β-unsaturated/α-hetero) is 1. The third-order valence-corrected chi connectivity index (χ3v) is 6.18. The number of aromatic nitrogens is 2. The Hall–Kier alpha value is -4.19. The molecule has 3 N–H and O–H groups in total. The number of nitrogens with two attached hydrogens (primary N) is 1. The van der Waals surface area contributed by atoms with E-state index in [0.717, 1.165) is 17.3 Å². The van der Waals surface area contributed by atoms with E-state index in [9.17, 15) is 18.8 Å². The lowest BCUT2D eigenvalue weighted by Crippen LogP contribution is -2.40. The molecular formula is C25H24FN5O3. The van der Waals surface area contributed by atoms with Gasteiger partial charge in [-0.25, -0.2) is 9.18 Å². The van der Waals surface area contributed by atoms with Crippen molar-refractivity contribution >= 4 is 17.4 Å². The van der Waals surface area contributed by atoms with Crippen LogP contribution in [-0.2, 0) is 4.79 Å². The number of aromatic amines is 1. The number of carbonyl (C=O) groups is 2. The maximum absolute atomic E-state index is 13.8. The molecule has 1 aromatic heterocycles. The molecule has 1 saturated heterocycles. The van der Waals surface area contributed by atoms with Crippen LogP contribution in [0.5, 0.6) is 0 Å². The van der Waals surface area contributed by atoms with Crippen molar-refractivity contribution in [2.75, 3.05) is 18.8 Å². The lowest BCUT2D eigenvalue weighted by atomic mass is 10.0. The van der Waals surface area contributed by atoms with Crippen molar-refractivity contribution in [1.29, 1.82) is 5.26 Å². The minimum atomic E-state index is -0.828. The zero-order valence-corrected chi connectivity index (χ0v) is 18.5. The highest BCUT2D eigenvalue weighted by Gasteiger charge is 2.25. The minimum absolute atomic E-state index is 0.0142. The van der Waals surface area contributed by atoms with Gasteiger partial charge < -0.3 is 15.6 Å². The molecule has 0 spiro atoms. The number of H-pyrrole nitrogens is 1. The van der Waals surface area contributed by atoms with Crippen LogP contribution in [0.15, 0.2) is 53.5 Å².